The summed E-state index contributed by atoms with van der Waals surface area (Å²) in [5, 5.41) is 13.0. The first-order valence-electron chi connectivity index (χ1n) is 7.64. The van der Waals surface area contributed by atoms with Gasteiger partial charge in [0.05, 0.1) is 0 Å². The first-order valence-corrected chi connectivity index (χ1v) is 8.80. The van der Waals surface area contributed by atoms with Crippen molar-refractivity contribution < 1.29 is 9.90 Å². The van der Waals surface area contributed by atoms with E-state index in [1.807, 2.05) is 49.0 Å². The van der Waals surface area contributed by atoms with Gasteiger partial charge in [-0.15, -0.1) is 0 Å². The van der Waals surface area contributed by atoms with Crippen LogP contribution in [0.3, 0.4) is 0 Å². The zero-order chi connectivity index (χ0) is 15.7. The van der Waals surface area contributed by atoms with Crippen LogP contribution < -0.4 is 5.32 Å². The van der Waals surface area contributed by atoms with Crippen LogP contribution in [0.25, 0.3) is 0 Å². The van der Waals surface area contributed by atoms with E-state index in [1.54, 1.807) is 0 Å². The molecule has 0 bridgehead atoms. The molecule has 0 spiro atoms. The largest absolute Gasteiger partial charge is 0.480 e. The highest BCUT2D eigenvalue weighted by molar-refractivity contribution is 7.99. The lowest BCUT2D eigenvalue weighted by atomic mass is 9.87. The molecule has 0 heterocycles. The van der Waals surface area contributed by atoms with Gasteiger partial charge in [0.1, 0.15) is 5.54 Å². The van der Waals surface area contributed by atoms with Gasteiger partial charge in [-0.05, 0) is 42.4 Å². The topological polar surface area (TPSA) is 49.3 Å². The third-order valence-corrected chi connectivity index (χ3v) is 4.59. The highest BCUT2D eigenvalue weighted by Crippen LogP contribution is 2.28. The lowest BCUT2D eigenvalue weighted by Gasteiger charge is -2.31. The Morgan fingerprint density at radius 1 is 1.29 bits per heavy atom. The average Bonchev–Trinajstić information content (AvgIpc) is 2.46. The van der Waals surface area contributed by atoms with Crippen LogP contribution in [0.5, 0.6) is 0 Å². The van der Waals surface area contributed by atoms with Crippen molar-refractivity contribution in [3.8, 4) is 0 Å². The van der Waals surface area contributed by atoms with E-state index in [2.05, 4.69) is 19.2 Å². The molecule has 1 aromatic carbocycles. The van der Waals surface area contributed by atoms with E-state index in [4.69, 9.17) is 0 Å². The number of hydrogen-bond acceptors (Lipinski definition) is 3. The number of likely N-dealkylation sites (N-methyl/N-ethyl adjacent to an activating group) is 1. The number of rotatable bonds is 10. The number of benzene rings is 1. The van der Waals surface area contributed by atoms with Crippen LogP contribution in [-0.4, -0.2) is 29.1 Å². The molecule has 0 fully saturated rings. The molecule has 2 N–H and O–H groups in total. The summed E-state index contributed by atoms with van der Waals surface area (Å²) in [7, 11) is 0. The van der Waals surface area contributed by atoms with E-state index in [-0.39, 0.29) is 0 Å². The lowest BCUT2D eigenvalue weighted by Crippen LogP contribution is -2.49. The highest BCUT2D eigenvalue weighted by atomic mass is 32.2. The van der Waals surface area contributed by atoms with Gasteiger partial charge in [0.15, 0.2) is 0 Å². The van der Waals surface area contributed by atoms with Gasteiger partial charge < -0.3 is 5.11 Å². The fourth-order valence-electron chi connectivity index (χ4n) is 2.31. The van der Waals surface area contributed by atoms with E-state index in [9.17, 15) is 9.90 Å². The van der Waals surface area contributed by atoms with Crippen molar-refractivity contribution in [3.63, 3.8) is 0 Å². The molecular weight excluding hydrogens is 282 g/mol. The van der Waals surface area contributed by atoms with Crippen LogP contribution in [0.2, 0.25) is 0 Å². The van der Waals surface area contributed by atoms with Gasteiger partial charge >= 0.3 is 5.97 Å². The van der Waals surface area contributed by atoms with Crippen molar-refractivity contribution in [1.29, 1.82) is 0 Å². The summed E-state index contributed by atoms with van der Waals surface area (Å²) in [4.78, 5) is 11.9. The summed E-state index contributed by atoms with van der Waals surface area (Å²) in [5.74, 6) is 1.85. The third-order valence-electron chi connectivity index (χ3n) is 3.57. The molecule has 118 valence electrons. The van der Waals surface area contributed by atoms with Gasteiger partial charge in [-0.25, -0.2) is 4.79 Å². The molecule has 4 heteroatoms. The van der Waals surface area contributed by atoms with Crippen molar-refractivity contribution >= 4 is 17.7 Å². The number of carboxylic acids is 1. The number of carbonyl (C=O) groups is 1. The normalized spacial score (nSPS) is 14.1. The maximum Gasteiger partial charge on any atom is 0.328 e. The summed E-state index contributed by atoms with van der Waals surface area (Å²) in [6.45, 7) is 7.01. The van der Waals surface area contributed by atoms with Crippen molar-refractivity contribution in [2.45, 2.75) is 39.2 Å². The van der Waals surface area contributed by atoms with Crippen LogP contribution in [0.15, 0.2) is 30.3 Å². The Bertz CT molecular complexity index is 422. The standard InChI is InChI=1S/C17H27NO2S/c1-4-18-17(16(19)20,15-8-6-5-7-9-15)11-13-21-12-10-14(2)3/h5-9,14,18H,4,10-13H2,1-3H3,(H,19,20). The molecule has 1 unspecified atom stereocenters. The van der Waals surface area contributed by atoms with Crippen LogP contribution in [-0.2, 0) is 10.3 Å². The minimum atomic E-state index is -0.971. The Kier molecular flexibility index (Phi) is 7.83. The quantitative estimate of drug-likeness (QED) is 0.646. The smallest absolute Gasteiger partial charge is 0.328 e. The molecule has 1 aromatic rings. The molecule has 0 aliphatic rings. The van der Waals surface area contributed by atoms with Crippen LogP contribution in [0, 0.1) is 5.92 Å². The maximum atomic E-state index is 11.9. The van der Waals surface area contributed by atoms with Gasteiger partial charge in [0.2, 0.25) is 0 Å². The molecule has 1 rings (SSSR count). The number of aliphatic carboxylic acids is 1. The summed E-state index contributed by atoms with van der Waals surface area (Å²) in [5.41, 5.74) is -0.135. The molecule has 0 saturated carbocycles. The summed E-state index contributed by atoms with van der Waals surface area (Å²) in [6, 6.07) is 9.51. The Hall–Kier alpha value is -1.00. The molecule has 0 radical (unpaired) electrons. The van der Waals surface area contributed by atoms with Gasteiger partial charge in [-0.1, -0.05) is 51.1 Å². The Morgan fingerprint density at radius 2 is 1.95 bits per heavy atom. The third kappa shape index (κ3) is 5.36. The van der Waals surface area contributed by atoms with Gasteiger partial charge in [-0.3, -0.25) is 5.32 Å². The predicted molar refractivity (Wildman–Crippen MR) is 90.8 cm³/mol. The Balaban J connectivity index is 2.75. The summed E-state index contributed by atoms with van der Waals surface area (Å²) in [6.07, 6.45) is 1.78. The van der Waals surface area contributed by atoms with Crippen molar-refractivity contribution in [3.05, 3.63) is 35.9 Å². The van der Waals surface area contributed by atoms with Crippen LogP contribution in [0.4, 0.5) is 0 Å². The molecule has 21 heavy (non-hydrogen) atoms. The fourth-order valence-corrected chi connectivity index (χ4v) is 3.60. The average molecular weight is 309 g/mol. The minimum absolute atomic E-state index is 0.600. The van der Waals surface area contributed by atoms with Crippen LogP contribution in [0.1, 0.15) is 39.2 Å². The second-order valence-corrected chi connectivity index (χ2v) is 6.88. The maximum absolute atomic E-state index is 11.9. The Morgan fingerprint density at radius 3 is 2.48 bits per heavy atom. The molecular formula is C17H27NO2S. The minimum Gasteiger partial charge on any atom is -0.480 e. The second-order valence-electron chi connectivity index (χ2n) is 5.65. The molecule has 0 aliphatic carbocycles. The molecule has 0 amide bonds. The molecule has 1 atom stereocenters. The molecule has 3 nitrogen and oxygen atoms in total. The summed E-state index contributed by atoms with van der Waals surface area (Å²) < 4.78 is 0. The molecule has 0 aliphatic heterocycles. The second kappa shape index (κ2) is 9.11. The van der Waals surface area contributed by atoms with E-state index in [0.717, 1.165) is 17.1 Å². The fraction of sp³-hybridized carbons (Fsp3) is 0.588. The van der Waals surface area contributed by atoms with Crippen molar-refractivity contribution in [2.75, 3.05) is 18.1 Å². The number of nitrogens with one attached hydrogen (secondary N) is 1. The van der Waals surface area contributed by atoms with Gasteiger partial charge in [-0.2, -0.15) is 11.8 Å². The van der Waals surface area contributed by atoms with E-state index in [0.29, 0.717) is 18.9 Å². The van der Waals surface area contributed by atoms with Crippen molar-refractivity contribution in [2.24, 2.45) is 5.92 Å². The monoisotopic (exact) mass is 309 g/mol. The summed E-state index contributed by atoms with van der Waals surface area (Å²) >= 11 is 1.84. The van der Waals surface area contributed by atoms with Crippen LogP contribution >= 0.6 is 11.8 Å². The predicted octanol–water partition coefficient (Wildman–Crippen LogP) is 3.75. The first-order chi connectivity index (χ1) is 10.0. The first kappa shape index (κ1) is 18.1. The molecule has 0 aromatic heterocycles. The Labute approximate surface area is 132 Å². The van der Waals surface area contributed by atoms with Gasteiger partial charge in [0.25, 0.3) is 0 Å². The zero-order valence-electron chi connectivity index (χ0n) is 13.3. The van der Waals surface area contributed by atoms with E-state index < -0.39 is 11.5 Å². The SMILES string of the molecule is CCNC(CCSCCC(C)C)(C(=O)O)c1ccccc1. The lowest BCUT2D eigenvalue weighted by molar-refractivity contribution is -0.145. The van der Waals surface area contributed by atoms with E-state index in [1.165, 1.54) is 6.42 Å². The molecule has 0 saturated heterocycles. The number of thioether (sulfide) groups is 1. The zero-order valence-corrected chi connectivity index (χ0v) is 14.1. The number of carboxylic acid groups (broad SMARTS) is 1. The van der Waals surface area contributed by atoms with Gasteiger partial charge in [0, 0.05) is 0 Å². The highest BCUT2D eigenvalue weighted by Gasteiger charge is 2.38. The van der Waals surface area contributed by atoms with E-state index >= 15 is 0 Å². The number of hydrogen-bond donors (Lipinski definition) is 2. The van der Waals surface area contributed by atoms with Crippen molar-refractivity contribution in [1.82, 2.24) is 5.32 Å².